The van der Waals surface area contributed by atoms with E-state index >= 15 is 0 Å². The molecular weight excluding hydrogens is 384 g/mol. The fraction of sp³-hybridized carbons (Fsp3) is 0.318. The highest BCUT2D eigenvalue weighted by molar-refractivity contribution is 6.01. The van der Waals surface area contributed by atoms with Crippen molar-refractivity contribution in [3.8, 4) is 5.75 Å². The Balaban J connectivity index is 1.48. The van der Waals surface area contributed by atoms with Crippen LogP contribution in [0.15, 0.2) is 41.2 Å². The molecule has 1 aliphatic heterocycles. The Morgan fingerprint density at radius 3 is 2.70 bits per heavy atom. The van der Waals surface area contributed by atoms with Crippen molar-refractivity contribution >= 4 is 28.5 Å². The van der Waals surface area contributed by atoms with Gasteiger partial charge in [-0.3, -0.25) is 9.59 Å². The van der Waals surface area contributed by atoms with Crippen LogP contribution in [0.4, 0.5) is 5.69 Å². The third-order valence-electron chi connectivity index (χ3n) is 5.52. The van der Waals surface area contributed by atoms with Crippen molar-refractivity contribution in [1.29, 1.82) is 0 Å². The Morgan fingerprint density at radius 1 is 1.17 bits per heavy atom. The Kier molecular flexibility index (Phi) is 5.07. The second-order valence-electron chi connectivity index (χ2n) is 7.70. The minimum absolute atomic E-state index is 0.0991. The topological polar surface area (TPSA) is 107 Å². The fourth-order valence-corrected chi connectivity index (χ4v) is 3.86. The van der Waals surface area contributed by atoms with Gasteiger partial charge in [0.25, 0.3) is 0 Å². The summed E-state index contributed by atoms with van der Waals surface area (Å²) >= 11 is 0. The van der Waals surface area contributed by atoms with E-state index in [9.17, 15) is 14.4 Å². The number of hydrogen-bond donors (Lipinski definition) is 3. The maximum absolute atomic E-state index is 12.9. The zero-order valence-electron chi connectivity index (χ0n) is 17.1. The lowest BCUT2D eigenvalue weighted by Crippen LogP contribution is -2.34. The zero-order valence-corrected chi connectivity index (χ0v) is 17.1. The molecule has 2 aromatic carbocycles. The van der Waals surface area contributed by atoms with E-state index in [4.69, 9.17) is 4.74 Å². The van der Waals surface area contributed by atoms with E-state index in [0.29, 0.717) is 29.0 Å². The molecular formula is C22H24N4O4. The number of benzene rings is 2. The first-order chi connectivity index (χ1) is 14.4. The normalized spacial score (nSPS) is 17.4. The van der Waals surface area contributed by atoms with Gasteiger partial charge in [0, 0.05) is 13.0 Å². The third-order valence-corrected chi connectivity index (χ3v) is 5.52. The number of aromatic amines is 2. The van der Waals surface area contributed by atoms with Crippen LogP contribution in [0.3, 0.4) is 0 Å². The minimum atomic E-state index is -0.444. The molecule has 1 fully saturated rings. The maximum atomic E-state index is 12.9. The Hall–Kier alpha value is -3.55. The average Bonchev–Trinajstić information content (AvgIpc) is 3.28. The smallest absolute Gasteiger partial charge is 0.323 e. The summed E-state index contributed by atoms with van der Waals surface area (Å²) in [6.07, 6.45) is 0.153. The quantitative estimate of drug-likeness (QED) is 0.603. The molecule has 8 nitrogen and oxygen atoms in total. The lowest BCUT2D eigenvalue weighted by atomic mass is 10.0. The van der Waals surface area contributed by atoms with Crippen LogP contribution in [0.1, 0.15) is 30.5 Å². The highest BCUT2D eigenvalue weighted by atomic mass is 16.5. The van der Waals surface area contributed by atoms with Gasteiger partial charge in [0.1, 0.15) is 5.75 Å². The molecule has 0 aliphatic carbocycles. The van der Waals surface area contributed by atoms with Gasteiger partial charge in [-0.15, -0.1) is 0 Å². The molecule has 0 bridgehead atoms. The molecule has 0 spiro atoms. The van der Waals surface area contributed by atoms with Crippen LogP contribution in [0.25, 0.3) is 11.0 Å². The Morgan fingerprint density at radius 2 is 1.93 bits per heavy atom. The number of nitrogens with one attached hydrogen (secondary N) is 3. The molecule has 8 heteroatoms. The first-order valence-corrected chi connectivity index (χ1v) is 9.83. The van der Waals surface area contributed by atoms with Crippen LogP contribution < -0.4 is 20.6 Å². The van der Waals surface area contributed by atoms with Crippen molar-refractivity contribution in [2.24, 2.45) is 5.92 Å². The van der Waals surface area contributed by atoms with Gasteiger partial charge in [0.05, 0.1) is 35.8 Å². The highest BCUT2D eigenvalue weighted by Crippen LogP contribution is 2.34. The van der Waals surface area contributed by atoms with Crippen molar-refractivity contribution in [3.63, 3.8) is 0 Å². The predicted octanol–water partition coefficient (Wildman–Crippen LogP) is 2.40. The zero-order chi connectivity index (χ0) is 21.4. The van der Waals surface area contributed by atoms with Gasteiger partial charge in [-0.05, 0) is 49.2 Å². The largest absolute Gasteiger partial charge is 0.495 e. The van der Waals surface area contributed by atoms with Gasteiger partial charge < -0.3 is 24.9 Å². The molecule has 156 valence electrons. The van der Waals surface area contributed by atoms with Crippen LogP contribution in [-0.4, -0.2) is 35.4 Å². The number of H-pyrrole nitrogens is 2. The van der Waals surface area contributed by atoms with E-state index in [-0.39, 0.29) is 30.0 Å². The minimum Gasteiger partial charge on any atom is -0.495 e. The first kappa shape index (κ1) is 19.8. The number of aromatic nitrogens is 2. The SMILES string of the molecule is COc1ccc(C)cc1N1CC(C(=O)NC(C)c2ccc3[nH]c(=O)[nH]c3c2)CC1=O. The van der Waals surface area contributed by atoms with Gasteiger partial charge in [-0.2, -0.15) is 0 Å². The molecule has 2 atom stereocenters. The summed E-state index contributed by atoms with van der Waals surface area (Å²) < 4.78 is 5.39. The first-order valence-electron chi connectivity index (χ1n) is 9.83. The summed E-state index contributed by atoms with van der Waals surface area (Å²) in [5.41, 5.74) is 3.70. The molecule has 2 unspecified atom stereocenters. The summed E-state index contributed by atoms with van der Waals surface area (Å²) in [7, 11) is 1.56. The number of methoxy groups -OCH3 is 1. The number of anilines is 1. The van der Waals surface area contributed by atoms with E-state index in [2.05, 4.69) is 15.3 Å². The number of aryl methyl sites for hydroxylation is 1. The van der Waals surface area contributed by atoms with Crippen LogP contribution >= 0.6 is 0 Å². The second-order valence-corrected chi connectivity index (χ2v) is 7.70. The van der Waals surface area contributed by atoms with Crippen molar-refractivity contribution < 1.29 is 14.3 Å². The van der Waals surface area contributed by atoms with E-state index in [1.165, 1.54) is 0 Å². The fourth-order valence-electron chi connectivity index (χ4n) is 3.86. The van der Waals surface area contributed by atoms with Crippen molar-refractivity contribution in [2.45, 2.75) is 26.3 Å². The van der Waals surface area contributed by atoms with E-state index < -0.39 is 5.92 Å². The van der Waals surface area contributed by atoms with Gasteiger partial charge in [-0.1, -0.05) is 12.1 Å². The standard InChI is InChI=1S/C22H24N4O4/c1-12-4-7-19(30-3)18(8-12)26-11-15(10-20(26)27)21(28)23-13(2)14-5-6-16-17(9-14)25-22(29)24-16/h4-9,13,15H,10-11H2,1-3H3,(H,23,28)(H2,24,25,29). The summed E-state index contributed by atoms with van der Waals surface area (Å²) in [6, 6.07) is 10.9. The van der Waals surface area contributed by atoms with Gasteiger partial charge in [0.2, 0.25) is 11.8 Å². The van der Waals surface area contributed by atoms with E-state index in [1.807, 2.05) is 44.2 Å². The second kappa shape index (κ2) is 7.70. The van der Waals surface area contributed by atoms with Crippen molar-refractivity contribution in [1.82, 2.24) is 15.3 Å². The monoisotopic (exact) mass is 408 g/mol. The van der Waals surface area contributed by atoms with Crippen molar-refractivity contribution in [3.05, 3.63) is 58.0 Å². The molecule has 2 amide bonds. The van der Waals surface area contributed by atoms with Crippen LogP contribution in [0.2, 0.25) is 0 Å². The van der Waals surface area contributed by atoms with Gasteiger partial charge >= 0.3 is 5.69 Å². The molecule has 1 saturated heterocycles. The highest BCUT2D eigenvalue weighted by Gasteiger charge is 2.36. The molecule has 1 aromatic heterocycles. The molecule has 4 rings (SSSR count). The number of ether oxygens (including phenoxy) is 1. The molecule has 30 heavy (non-hydrogen) atoms. The summed E-state index contributed by atoms with van der Waals surface area (Å²) in [5, 5.41) is 2.99. The average molecular weight is 408 g/mol. The molecule has 2 heterocycles. The van der Waals surface area contributed by atoms with Crippen LogP contribution in [-0.2, 0) is 9.59 Å². The number of imidazole rings is 1. The molecule has 0 radical (unpaired) electrons. The molecule has 3 N–H and O–H groups in total. The number of rotatable bonds is 5. The number of fused-ring (bicyclic) bond motifs is 1. The Bertz CT molecular complexity index is 1180. The molecule has 0 saturated carbocycles. The number of hydrogen-bond acceptors (Lipinski definition) is 4. The molecule has 3 aromatic rings. The van der Waals surface area contributed by atoms with Crippen LogP contribution in [0.5, 0.6) is 5.75 Å². The summed E-state index contributed by atoms with van der Waals surface area (Å²) in [6.45, 7) is 4.13. The van der Waals surface area contributed by atoms with E-state index in [1.54, 1.807) is 18.1 Å². The summed E-state index contributed by atoms with van der Waals surface area (Å²) in [5.74, 6) is -0.108. The molecule has 1 aliphatic rings. The van der Waals surface area contributed by atoms with Gasteiger partial charge in [0.15, 0.2) is 0 Å². The lowest BCUT2D eigenvalue weighted by Gasteiger charge is -2.21. The predicted molar refractivity (Wildman–Crippen MR) is 114 cm³/mol. The maximum Gasteiger partial charge on any atom is 0.323 e. The lowest BCUT2D eigenvalue weighted by molar-refractivity contribution is -0.126. The van der Waals surface area contributed by atoms with E-state index in [0.717, 1.165) is 11.1 Å². The number of carbonyl (C=O) groups is 2. The summed E-state index contributed by atoms with van der Waals surface area (Å²) in [4.78, 5) is 44.0. The van der Waals surface area contributed by atoms with Gasteiger partial charge in [-0.25, -0.2) is 4.79 Å². The third kappa shape index (κ3) is 3.68. The Labute approximate surface area is 173 Å². The number of carbonyl (C=O) groups excluding carboxylic acids is 2. The van der Waals surface area contributed by atoms with Crippen LogP contribution in [0, 0.1) is 12.8 Å². The number of nitrogens with zero attached hydrogens (tertiary/aromatic N) is 1. The number of amides is 2. The van der Waals surface area contributed by atoms with Crippen molar-refractivity contribution in [2.75, 3.05) is 18.6 Å².